The molecule has 3 aromatic carbocycles. The van der Waals surface area contributed by atoms with E-state index in [2.05, 4.69) is 12.2 Å². The minimum Gasteiger partial charge on any atom is -0.493 e. The number of rotatable bonds is 11. The van der Waals surface area contributed by atoms with Crippen molar-refractivity contribution in [1.82, 2.24) is 14.9 Å². The Kier molecular flexibility index (Phi) is 8.01. The number of unbranched alkanes of at least 4 members (excludes halogenated alkanes) is 1. The minimum atomic E-state index is -0.860. The molecular formula is C31H33N3O5. The highest BCUT2D eigenvalue weighted by molar-refractivity contribution is 5.89. The third-order valence-corrected chi connectivity index (χ3v) is 6.69. The minimum absolute atomic E-state index is 0.204. The van der Waals surface area contributed by atoms with Gasteiger partial charge in [0.05, 0.1) is 30.8 Å². The summed E-state index contributed by atoms with van der Waals surface area (Å²) in [5.41, 5.74) is 3.30. The van der Waals surface area contributed by atoms with E-state index in [0.29, 0.717) is 41.6 Å². The monoisotopic (exact) mass is 527 g/mol. The van der Waals surface area contributed by atoms with Crippen LogP contribution in [0.5, 0.6) is 11.5 Å². The molecule has 2 unspecified atom stereocenters. The van der Waals surface area contributed by atoms with Gasteiger partial charge < -0.3 is 28.8 Å². The molecule has 1 amide bonds. The van der Waals surface area contributed by atoms with E-state index in [9.17, 15) is 4.79 Å². The highest BCUT2D eigenvalue weighted by Gasteiger charge is 2.36. The van der Waals surface area contributed by atoms with Crippen LogP contribution in [0, 0.1) is 0 Å². The third-order valence-electron chi connectivity index (χ3n) is 6.69. The maximum Gasteiger partial charge on any atom is 0.251 e. The smallest absolute Gasteiger partial charge is 0.251 e. The van der Waals surface area contributed by atoms with Gasteiger partial charge in [0, 0.05) is 13.0 Å². The van der Waals surface area contributed by atoms with Crippen LogP contribution in [-0.4, -0.2) is 42.5 Å². The Hall–Kier alpha value is -4.46. The van der Waals surface area contributed by atoms with Gasteiger partial charge in [-0.25, -0.2) is 4.98 Å². The molecular weight excluding hydrogens is 494 g/mol. The van der Waals surface area contributed by atoms with Gasteiger partial charge in [-0.3, -0.25) is 4.79 Å². The topological polar surface area (TPSA) is 83.8 Å². The standard InChI is InChI=1S/C31H33N3O5/c1-4-5-18-32-31(35)28(26-20-38-27(39-26)19-21-12-7-6-8-13-21)34-24-16-10-9-15-23(24)33-30(34)22-14-11-17-25(36-2)29(22)37-3/h6-17,20,27-28H,4-5,18-19H2,1-3H3,(H,32,35). The van der Waals surface area contributed by atoms with E-state index in [1.54, 1.807) is 20.5 Å². The Labute approximate surface area is 228 Å². The molecule has 0 spiro atoms. The quantitative estimate of drug-likeness (QED) is 0.254. The molecule has 0 bridgehead atoms. The van der Waals surface area contributed by atoms with Crippen molar-refractivity contribution in [3.05, 3.63) is 90.4 Å². The Morgan fingerprint density at radius 1 is 1.03 bits per heavy atom. The highest BCUT2D eigenvalue weighted by Crippen LogP contribution is 2.41. The van der Waals surface area contributed by atoms with E-state index in [4.69, 9.17) is 23.9 Å². The number of amides is 1. The summed E-state index contributed by atoms with van der Waals surface area (Å²) in [6, 6.07) is 22.5. The molecule has 2 atom stereocenters. The summed E-state index contributed by atoms with van der Waals surface area (Å²) in [4.78, 5) is 18.8. The van der Waals surface area contributed by atoms with Gasteiger partial charge in [0.25, 0.3) is 5.91 Å². The summed E-state index contributed by atoms with van der Waals surface area (Å²) in [6.07, 6.45) is 3.39. The number of carbonyl (C=O) groups excluding carboxylic acids is 1. The van der Waals surface area contributed by atoms with Crippen molar-refractivity contribution in [1.29, 1.82) is 0 Å². The average Bonchev–Trinajstić information content (AvgIpc) is 3.58. The number of para-hydroxylation sites is 3. The molecule has 1 aliphatic heterocycles. The van der Waals surface area contributed by atoms with Crippen molar-refractivity contribution >= 4 is 16.9 Å². The molecule has 4 aromatic rings. The van der Waals surface area contributed by atoms with Gasteiger partial charge in [0.15, 0.2) is 23.3 Å². The lowest BCUT2D eigenvalue weighted by Gasteiger charge is -2.23. The van der Waals surface area contributed by atoms with Gasteiger partial charge in [-0.15, -0.1) is 0 Å². The number of hydrogen-bond donors (Lipinski definition) is 1. The van der Waals surface area contributed by atoms with Gasteiger partial charge in [-0.2, -0.15) is 0 Å². The molecule has 1 aromatic heterocycles. The van der Waals surface area contributed by atoms with E-state index in [-0.39, 0.29) is 5.91 Å². The Morgan fingerprint density at radius 2 is 1.82 bits per heavy atom. The van der Waals surface area contributed by atoms with Gasteiger partial charge in [0.2, 0.25) is 6.29 Å². The molecule has 0 fully saturated rings. The number of methoxy groups -OCH3 is 2. The Balaban J connectivity index is 1.61. The molecule has 1 aliphatic rings. The fraction of sp³-hybridized carbons (Fsp3) is 0.290. The average molecular weight is 528 g/mol. The summed E-state index contributed by atoms with van der Waals surface area (Å²) in [6.45, 7) is 2.64. The summed E-state index contributed by atoms with van der Waals surface area (Å²) < 4.78 is 25.4. The number of benzene rings is 3. The number of hydrogen-bond acceptors (Lipinski definition) is 6. The van der Waals surface area contributed by atoms with E-state index < -0.39 is 12.3 Å². The maximum absolute atomic E-state index is 13.9. The zero-order valence-electron chi connectivity index (χ0n) is 22.4. The van der Waals surface area contributed by atoms with E-state index in [0.717, 1.165) is 29.4 Å². The number of aromatic nitrogens is 2. The first-order valence-electron chi connectivity index (χ1n) is 13.2. The molecule has 0 aliphatic carbocycles. The van der Waals surface area contributed by atoms with E-state index >= 15 is 0 Å². The Bertz CT molecular complexity index is 1460. The van der Waals surface area contributed by atoms with Gasteiger partial charge in [-0.05, 0) is 36.2 Å². The molecule has 39 heavy (non-hydrogen) atoms. The van der Waals surface area contributed by atoms with Gasteiger partial charge in [-0.1, -0.05) is 61.9 Å². The highest BCUT2D eigenvalue weighted by atomic mass is 16.7. The van der Waals surface area contributed by atoms with E-state index in [1.165, 1.54) is 0 Å². The number of imidazole rings is 1. The first-order chi connectivity index (χ1) is 19.1. The number of carbonyl (C=O) groups is 1. The Morgan fingerprint density at radius 3 is 2.59 bits per heavy atom. The zero-order valence-corrected chi connectivity index (χ0v) is 22.4. The molecule has 0 saturated carbocycles. The maximum atomic E-state index is 13.9. The SMILES string of the molecule is CCCCNC(=O)C(C1=COC(Cc2ccccc2)O1)n1c(-c2cccc(OC)c2OC)nc2ccccc21. The fourth-order valence-corrected chi connectivity index (χ4v) is 4.79. The predicted octanol–water partition coefficient (Wildman–Crippen LogP) is 5.63. The normalized spacial score (nSPS) is 15.3. The number of nitrogens with one attached hydrogen (secondary N) is 1. The van der Waals surface area contributed by atoms with E-state index in [1.807, 2.05) is 77.4 Å². The zero-order chi connectivity index (χ0) is 27.2. The van der Waals surface area contributed by atoms with Crippen LogP contribution in [-0.2, 0) is 20.7 Å². The second kappa shape index (κ2) is 11.9. The summed E-state index contributed by atoms with van der Waals surface area (Å²) in [7, 11) is 3.18. The van der Waals surface area contributed by atoms with Crippen LogP contribution in [0.25, 0.3) is 22.4 Å². The summed E-state index contributed by atoms with van der Waals surface area (Å²) >= 11 is 0. The van der Waals surface area contributed by atoms with Gasteiger partial charge >= 0.3 is 0 Å². The van der Waals surface area contributed by atoms with Crippen LogP contribution < -0.4 is 14.8 Å². The number of ether oxygens (including phenoxy) is 4. The third kappa shape index (κ3) is 5.41. The lowest BCUT2D eigenvalue weighted by molar-refractivity contribution is -0.124. The largest absolute Gasteiger partial charge is 0.493 e. The number of nitrogens with zero attached hydrogens (tertiary/aromatic N) is 2. The van der Waals surface area contributed by atoms with Gasteiger partial charge in [0.1, 0.15) is 12.1 Å². The molecule has 0 radical (unpaired) electrons. The predicted molar refractivity (Wildman–Crippen MR) is 149 cm³/mol. The molecule has 1 N–H and O–H groups in total. The first-order valence-corrected chi connectivity index (χ1v) is 13.2. The van der Waals surface area contributed by atoms with Crippen LogP contribution in [0.15, 0.2) is 84.8 Å². The molecule has 8 nitrogen and oxygen atoms in total. The van der Waals surface area contributed by atoms with Crippen LogP contribution in [0.2, 0.25) is 0 Å². The molecule has 8 heteroatoms. The lowest BCUT2D eigenvalue weighted by Crippen LogP contribution is -2.35. The molecule has 2 heterocycles. The van der Waals surface area contributed by atoms with Crippen LogP contribution in [0.4, 0.5) is 0 Å². The molecule has 0 saturated heterocycles. The summed E-state index contributed by atoms with van der Waals surface area (Å²) in [5.74, 6) is 1.86. The van der Waals surface area contributed by atoms with Crippen LogP contribution >= 0.6 is 0 Å². The van der Waals surface area contributed by atoms with Crippen molar-refractivity contribution in [3.8, 4) is 22.9 Å². The van der Waals surface area contributed by atoms with Crippen LogP contribution in [0.1, 0.15) is 31.4 Å². The first kappa shape index (κ1) is 26.2. The van der Waals surface area contributed by atoms with Crippen molar-refractivity contribution in [2.24, 2.45) is 0 Å². The second-order valence-electron chi connectivity index (χ2n) is 9.28. The fourth-order valence-electron chi connectivity index (χ4n) is 4.79. The van der Waals surface area contributed by atoms with Crippen molar-refractivity contribution in [2.75, 3.05) is 20.8 Å². The van der Waals surface area contributed by atoms with Crippen molar-refractivity contribution in [2.45, 2.75) is 38.5 Å². The second-order valence-corrected chi connectivity index (χ2v) is 9.28. The molecule has 202 valence electrons. The number of fused-ring (bicyclic) bond motifs is 1. The van der Waals surface area contributed by atoms with Crippen molar-refractivity contribution in [3.63, 3.8) is 0 Å². The molecule has 5 rings (SSSR count). The lowest BCUT2D eigenvalue weighted by atomic mass is 10.1. The van der Waals surface area contributed by atoms with Crippen molar-refractivity contribution < 1.29 is 23.7 Å². The van der Waals surface area contributed by atoms with Crippen LogP contribution in [0.3, 0.4) is 0 Å². The summed E-state index contributed by atoms with van der Waals surface area (Å²) in [5, 5.41) is 3.09.